The summed E-state index contributed by atoms with van der Waals surface area (Å²) in [5, 5.41) is 2.82. The smallest absolute Gasteiger partial charge is 0.494 e. The molecule has 1 heterocycles. The number of benzene rings is 1. The maximum absolute atomic E-state index is 13.0. The lowest BCUT2D eigenvalue weighted by Crippen LogP contribution is -2.41. The number of hydrogen-bond donors (Lipinski definition) is 1. The van der Waals surface area contributed by atoms with Gasteiger partial charge < -0.3 is 19.4 Å². The van der Waals surface area contributed by atoms with Crippen LogP contribution in [0, 0.1) is 5.41 Å². The molecule has 1 amide bonds. The molecule has 1 aromatic carbocycles. The van der Waals surface area contributed by atoms with Gasteiger partial charge >= 0.3 is 7.12 Å². The lowest BCUT2D eigenvalue weighted by Gasteiger charge is -2.32. The van der Waals surface area contributed by atoms with Gasteiger partial charge in [0.15, 0.2) is 0 Å². The highest BCUT2D eigenvalue weighted by atomic mass is 19.1. The van der Waals surface area contributed by atoms with Gasteiger partial charge in [-0.1, -0.05) is 6.07 Å². The van der Waals surface area contributed by atoms with Crippen LogP contribution >= 0.6 is 0 Å². The van der Waals surface area contributed by atoms with Crippen molar-refractivity contribution in [1.82, 2.24) is 5.32 Å². The van der Waals surface area contributed by atoms with E-state index in [-0.39, 0.29) is 11.3 Å². The standard InChI is InChI=1S/C19H27BFNO4/c1-17(2)18(3,4)26-20(25-17)13-6-7-14(15(10-13)24-5)16(23)22-12-19(11-21)8-9-19/h6-7,10H,8-9,11-12H2,1-5H3,(H,22,23). The fraction of sp³-hybridized carbons (Fsp3) is 0.632. The molecular formula is C19H27BFNO4. The van der Waals surface area contributed by atoms with Crippen molar-refractivity contribution in [3.8, 4) is 5.75 Å². The molecule has 0 unspecified atom stereocenters. The van der Waals surface area contributed by atoms with Crippen LogP contribution in [0.4, 0.5) is 4.39 Å². The minimum atomic E-state index is -0.521. The molecule has 1 aromatic rings. The monoisotopic (exact) mass is 363 g/mol. The first-order valence-corrected chi connectivity index (χ1v) is 9.01. The highest BCUT2D eigenvalue weighted by Crippen LogP contribution is 2.45. The molecule has 1 aliphatic heterocycles. The molecule has 0 bridgehead atoms. The number of hydrogen-bond acceptors (Lipinski definition) is 4. The van der Waals surface area contributed by atoms with E-state index in [1.807, 2.05) is 33.8 Å². The minimum absolute atomic E-state index is 0.262. The van der Waals surface area contributed by atoms with E-state index in [4.69, 9.17) is 14.0 Å². The molecular weight excluding hydrogens is 336 g/mol. The second-order valence-electron chi connectivity index (χ2n) is 8.36. The Morgan fingerprint density at radius 1 is 1.23 bits per heavy atom. The summed E-state index contributed by atoms with van der Waals surface area (Å²) < 4.78 is 30.5. The van der Waals surface area contributed by atoms with Gasteiger partial charge in [0.05, 0.1) is 30.5 Å². The van der Waals surface area contributed by atoms with Crippen LogP contribution in [0.25, 0.3) is 0 Å². The summed E-state index contributed by atoms with van der Waals surface area (Å²) in [6.07, 6.45) is 1.64. The Kier molecular flexibility index (Phi) is 4.82. The number of amides is 1. The summed E-state index contributed by atoms with van der Waals surface area (Å²) >= 11 is 0. The molecule has 1 saturated heterocycles. The maximum Gasteiger partial charge on any atom is 0.494 e. The van der Waals surface area contributed by atoms with Crippen LogP contribution in [0.3, 0.4) is 0 Å². The Hall–Kier alpha value is -1.60. The second-order valence-corrected chi connectivity index (χ2v) is 8.36. The van der Waals surface area contributed by atoms with E-state index in [9.17, 15) is 9.18 Å². The third-order valence-electron chi connectivity index (χ3n) is 5.86. The number of methoxy groups -OCH3 is 1. The van der Waals surface area contributed by atoms with Gasteiger partial charge in [0.25, 0.3) is 5.91 Å². The molecule has 1 aliphatic carbocycles. The van der Waals surface area contributed by atoms with Crippen LogP contribution in [0.1, 0.15) is 50.9 Å². The number of halogens is 1. The summed E-state index contributed by atoms with van der Waals surface area (Å²) in [7, 11) is 0.997. The van der Waals surface area contributed by atoms with Gasteiger partial charge in [0, 0.05) is 12.0 Å². The number of carbonyl (C=O) groups is 1. The number of alkyl halides is 1. The van der Waals surface area contributed by atoms with Gasteiger partial charge in [-0.05, 0) is 58.1 Å². The molecule has 2 fully saturated rings. The summed E-state index contributed by atoms with van der Waals surface area (Å²) in [6.45, 7) is 7.92. The van der Waals surface area contributed by atoms with Crippen molar-refractivity contribution in [3.05, 3.63) is 23.8 Å². The predicted molar refractivity (Wildman–Crippen MR) is 98.7 cm³/mol. The van der Waals surface area contributed by atoms with Crippen molar-refractivity contribution < 1.29 is 23.2 Å². The number of nitrogens with one attached hydrogen (secondary N) is 1. The van der Waals surface area contributed by atoms with E-state index >= 15 is 0 Å². The topological polar surface area (TPSA) is 56.8 Å². The van der Waals surface area contributed by atoms with Crippen LogP contribution in [0.2, 0.25) is 0 Å². The largest absolute Gasteiger partial charge is 0.496 e. The molecule has 0 aromatic heterocycles. The van der Waals surface area contributed by atoms with Crippen molar-refractivity contribution in [2.45, 2.75) is 51.7 Å². The zero-order valence-corrected chi connectivity index (χ0v) is 16.1. The fourth-order valence-corrected chi connectivity index (χ4v) is 2.92. The quantitative estimate of drug-likeness (QED) is 0.789. The van der Waals surface area contributed by atoms with Gasteiger partial charge in [-0.3, -0.25) is 9.18 Å². The molecule has 0 spiro atoms. The van der Waals surface area contributed by atoms with Crippen molar-refractivity contribution >= 4 is 18.5 Å². The Bertz CT molecular complexity index is 687. The highest BCUT2D eigenvalue weighted by Gasteiger charge is 2.51. The molecule has 0 atom stereocenters. The third-order valence-corrected chi connectivity index (χ3v) is 5.86. The first-order valence-electron chi connectivity index (χ1n) is 9.01. The normalized spacial score (nSPS) is 22.2. The van der Waals surface area contributed by atoms with Crippen molar-refractivity contribution in [2.75, 3.05) is 20.3 Å². The summed E-state index contributed by atoms with van der Waals surface area (Å²) in [4.78, 5) is 12.5. The van der Waals surface area contributed by atoms with E-state index in [1.165, 1.54) is 7.11 Å². The fourth-order valence-electron chi connectivity index (χ4n) is 2.92. The molecule has 142 valence electrons. The van der Waals surface area contributed by atoms with E-state index in [0.29, 0.717) is 17.9 Å². The molecule has 2 aliphatic rings. The van der Waals surface area contributed by atoms with E-state index < -0.39 is 25.0 Å². The Labute approximate surface area is 154 Å². The minimum Gasteiger partial charge on any atom is -0.496 e. The molecule has 0 radical (unpaired) electrons. The Morgan fingerprint density at radius 3 is 2.35 bits per heavy atom. The van der Waals surface area contributed by atoms with Gasteiger partial charge in [-0.25, -0.2) is 0 Å². The SMILES string of the molecule is COc1cc(B2OC(C)(C)C(C)(C)O2)ccc1C(=O)NCC1(CF)CC1. The van der Waals surface area contributed by atoms with Crippen molar-refractivity contribution in [3.63, 3.8) is 0 Å². The highest BCUT2D eigenvalue weighted by molar-refractivity contribution is 6.62. The van der Waals surface area contributed by atoms with Crippen LogP contribution in [-0.4, -0.2) is 44.6 Å². The average Bonchev–Trinajstić information content (AvgIpc) is 3.34. The lowest BCUT2D eigenvalue weighted by atomic mass is 9.78. The molecule has 5 nitrogen and oxygen atoms in total. The van der Waals surface area contributed by atoms with E-state index in [0.717, 1.165) is 18.3 Å². The van der Waals surface area contributed by atoms with Crippen molar-refractivity contribution in [2.24, 2.45) is 5.41 Å². The van der Waals surface area contributed by atoms with Crippen LogP contribution < -0.4 is 15.5 Å². The molecule has 1 N–H and O–H groups in total. The zero-order valence-electron chi connectivity index (χ0n) is 16.1. The zero-order chi connectivity index (χ0) is 19.2. The predicted octanol–water partition coefficient (Wildman–Crippen LogP) is 2.47. The third kappa shape index (κ3) is 3.47. The molecule has 7 heteroatoms. The number of ether oxygens (including phenoxy) is 1. The second kappa shape index (κ2) is 6.53. The molecule has 26 heavy (non-hydrogen) atoms. The van der Waals surface area contributed by atoms with Gasteiger partial charge in [-0.2, -0.15) is 0 Å². The van der Waals surface area contributed by atoms with Crippen LogP contribution in [0.5, 0.6) is 5.75 Å². The van der Waals surface area contributed by atoms with Gasteiger partial charge in [-0.15, -0.1) is 0 Å². The first-order chi connectivity index (χ1) is 12.1. The molecule has 3 rings (SSSR count). The summed E-state index contributed by atoms with van der Waals surface area (Å²) in [6, 6.07) is 5.27. The number of rotatable bonds is 6. The van der Waals surface area contributed by atoms with Crippen LogP contribution in [0.15, 0.2) is 18.2 Å². The molecule has 1 saturated carbocycles. The van der Waals surface area contributed by atoms with Gasteiger partial charge in [0.2, 0.25) is 0 Å². The maximum atomic E-state index is 13.0. The Balaban J connectivity index is 1.75. The van der Waals surface area contributed by atoms with Crippen LogP contribution in [-0.2, 0) is 9.31 Å². The first kappa shape index (κ1) is 19.2. The lowest BCUT2D eigenvalue weighted by molar-refractivity contribution is 0.00578. The Morgan fingerprint density at radius 2 is 1.85 bits per heavy atom. The van der Waals surface area contributed by atoms with E-state index in [2.05, 4.69) is 5.32 Å². The van der Waals surface area contributed by atoms with Crippen molar-refractivity contribution in [1.29, 1.82) is 0 Å². The van der Waals surface area contributed by atoms with Gasteiger partial charge in [0.1, 0.15) is 5.75 Å². The average molecular weight is 363 g/mol. The number of carbonyl (C=O) groups excluding carboxylic acids is 1. The summed E-state index contributed by atoms with van der Waals surface area (Å²) in [5.41, 5.74) is -0.0227. The van der Waals surface area contributed by atoms with E-state index in [1.54, 1.807) is 12.1 Å². The summed E-state index contributed by atoms with van der Waals surface area (Å²) in [5.74, 6) is 0.182.